The summed E-state index contributed by atoms with van der Waals surface area (Å²) in [5.41, 5.74) is 6.12. The highest BCUT2D eigenvalue weighted by atomic mass is 19.1. The molecule has 1 aromatic carbocycles. The Hall–Kier alpha value is -1.62. The Labute approximate surface area is 113 Å². The molecule has 2 N–H and O–H groups in total. The molecule has 19 heavy (non-hydrogen) atoms. The monoisotopic (exact) mass is 265 g/mol. The van der Waals surface area contributed by atoms with E-state index in [0.717, 1.165) is 0 Å². The molecule has 0 bridgehead atoms. The van der Waals surface area contributed by atoms with E-state index in [0.29, 0.717) is 38.4 Å². The van der Waals surface area contributed by atoms with Crippen molar-refractivity contribution in [2.45, 2.75) is 6.92 Å². The van der Waals surface area contributed by atoms with E-state index in [4.69, 9.17) is 5.73 Å². The van der Waals surface area contributed by atoms with Gasteiger partial charge in [0.05, 0.1) is 5.69 Å². The summed E-state index contributed by atoms with van der Waals surface area (Å²) >= 11 is 0. The van der Waals surface area contributed by atoms with Crippen molar-refractivity contribution in [2.24, 2.45) is 11.7 Å². The number of carbonyl (C=O) groups is 1. The van der Waals surface area contributed by atoms with Crippen molar-refractivity contribution < 1.29 is 9.18 Å². The normalized spacial score (nSPS) is 17.4. The third-order valence-corrected chi connectivity index (χ3v) is 3.56. The Morgan fingerprint density at radius 2 is 1.95 bits per heavy atom. The number of carbonyl (C=O) groups excluding carboxylic acids is 1. The quantitative estimate of drug-likeness (QED) is 0.889. The number of benzene rings is 1. The SMILES string of the molecule is C[C@H](CN)C(=O)N1CCN(c2ccccc2F)CC1. The summed E-state index contributed by atoms with van der Waals surface area (Å²) in [5.74, 6) is -0.256. The third kappa shape index (κ3) is 3.04. The van der Waals surface area contributed by atoms with Crippen LogP contribution in [0.3, 0.4) is 0 Å². The maximum Gasteiger partial charge on any atom is 0.226 e. The number of amides is 1. The lowest BCUT2D eigenvalue weighted by atomic mass is 10.1. The third-order valence-electron chi connectivity index (χ3n) is 3.56. The maximum absolute atomic E-state index is 13.7. The number of hydrogen-bond donors (Lipinski definition) is 1. The molecule has 1 fully saturated rings. The van der Waals surface area contributed by atoms with Crippen LogP contribution in [0.4, 0.5) is 10.1 Å². The number of hydrogen-bond acceptors (Lipinski definition) is 3. The highest BCUT2D eigenvalue weighted by Crippen LogP contribution is 2.20. The fraction of sp³-hybridized carbons (Fsp3) is 0.500. The van der Waals surface area contributed by atoms with Crippen LogP contribution >= 0.6 is 0 Å². The number of anilines is 1. The van der Waals surface area contributed by atoms with Crippen molar-refractivity contribution in [3.8, 4) is 0 Å². The zero-order chi connectivity index (χ0) is 13.8. The van der Waals surface area contributed by atoms with Gasteiger partial charge in [0.2, 0.25) is 5.91 Å². The number of nitrogens with zero attached hydrogens (tertiary/aromatic N) is 2. The van der Waals surface area contributed by atoms with Gasteiger partial charge in [-0.3, -0.25) is 4.79 Å². The molecule has 1 aliphatic rings. The van der Waals surface area contributed by atoms with E-state index in [-0.39, 0.29) is 17.6 Å². The number of para-hydroxylation sites is 1. The van der Waals surface area contributed by atoms with Crippen molar-refractivity contribution >= 4 is 11.6 Å². The maximum atomic E-state index is 13.7. The average molecular weight is 265 g/mol. The summed E-state index contributed by atoms with van der Waals surface area (Å²) in [6.45, 7) is 4.76. The molecule has 0 unspecified atom stereocenters. The molecule has 0 aromatic heterocycles. The summed E-state index contributed by atoms with van der Waals surface area (Å²) < 4.78 is 13.7. The second-order valence-corrected chi connectivity index (χ2v) is 4.90. The van der Waals surface area contributed by atoms with Gasteiger partial charge in [0.15, 0.2) is 0 Å². The number of piperazine rings is 1. The largest absolute Gasteiger partial charge is 0.366 e. The molecule has 0 aliphatic carbocycles. The van der Waals surface area contributed by atoms with Crippen LogP contribution in [0.1, 0.15) is 6.92 Å². The first-order chi connectivity index (χ1) is 9.13. The molecule has 1 amide bonds. The molecule has 0 radical (unpaired) electrons. The fourth-order valence-corrected chi connectivity index (χ4v) is 2.29. The Morgan fingerprint density at radius 1 is 1.32 bits per heavy atom. The minimum Gasteiger partial charge on any atom is -0.366 e. The standard InChI is InChI=1S/C14H20FN3O/c1-11(10-16)14(19)18-8-6-17(7-9-18)13-5-3-2-4-12(13)15/h2-5,11H,6-10,16H2,1H3/t11-/m1/s1. The van der Waals surface area contributed by atoms with Gasteiger partial charge in [0.1, 0.15) is 5.82 Å². The van der Waals surface area contributed by atoms with Gasteiger partial charge in [-0.25, -0.2) is 4.39 Å². The van der Waals surface area contributed by atoms with Crippen LogP contribution in [0.2, 0.25) is 0 Å². The van der Waals surface area contributed by atoms with Crippen LogP contribution in [-0.2, 0) is 4.79 Å². The van der Waals surface area contributed by atoms with E-state index >= 15 is 0 Å². The van der Waals surface area contributed by atoms with Gasteiger partial charge in [-0.05, 0) is 12.1 Å². The van der Waals surface area contributed by atoms with Crippen LogP contribution in [0, 0.1) is 11.7 Å². The van der Waals surface area contributed by atoms with E-state index in [9.17, 15) is 9.18 Å². The summed E-state index contributed by atoms with van der Waals surface area (Å²) in [7, 11) is 0. The van der Waals surface area contributed by atoms with Crippen LogP contribution in [0.15, 0.2) is 24.3 Å². The Balaban J connectivity index is 1.96. The highest BCUT2D eigenvalue weighted by molar-refractivity contribution is 5.79. The minimum atomic E-state index is -0.211. The van der Waals surface area contributed by atoms with E-state index < -0.39 is 0 Å². The first kappa shape index (κ1) is 13.8. The predicted molar refractivity (Wildman–Crippen MR) is 73.4 cm³/mol. The summed E-state index contributed by atoms with van der Waals surface area (Å²) in [6.07, 6.45) is 0. The molecule has 1 aliphatic heterocycles. The van der Waals surface area contributed by atoms with Gasteiger partial charge >= 0.3 is 0 Å². The highest BCUT2D eigenvalue weighted by Gasteiger charge is 2.25. The number of nitrogens with two attached hydrogens (primary N) is 1. The van der Waals surface area contributed by atoms with Gasteiger partial charge in [-0.15, -0.1) is 0 Å². The molecular weight excluding hydrogens is 245 g/mol. The zero-order valence-electron chi connectivity index (χ0n) is 11.2. The van der Waals surface area contributed by atoms with E-state index in [1.807, 2.05) is 22.8 Å². The minimum absolute atomic E-state index is 0.0932. The predicted octanol–water partition coefficient (Wildman–Crippen LogP) is 1.07. The van der Waals surface area contributed by atoms with Gasteiger partial charge in [0, 0.05) is 38.6 Å². The summed E-state index contributed by atoms with van der Waals surface area (Å²) in [6, 6.07) is 6.74. The van der Waals surface area contributed by atoms with Gasteiger partial charge in [-0.2, -0.15) is 0 Å². The van der Waals surface area contributed by atoms with Crippen molar-refractivity contribution in [3.05, 3.63) is 30.1 Å². The second-order valence-electron chi connectivity index (χ2n) is 4.90. The fourth-order valence-electron chi connectivity index (χ4n) is 2.29. The van der Waals surface area contributed by atoms with Crippen LogP contribution in [0.25, 0.3) is 0 Å². The van der Waals surface area contributed by atoms with Crippen LogP contribution < -0.4 is 10.6 Å². The molecule has 104 valence electrons. The van der Waals surface area contributed by atoms with E-state index in [1.165, 1.54) is 6.07 Å². The molecule has 0 saturated carbocycles. The molecular formula is C14H20FN3O. The molecule has 4 nitrogen and oxygen atoms in total. The van der Waals surface area contributed by atoms with Gasteiger partial charge < -0.3 is 15.5 Å². The van der Waals surface area contributed by atoms with Crippen molar-refractivity contribution in [2.75, 3.05) is 37.6 Å². The molecule has 1 atom stereocenters. The van der Waals surface area contributed by atoms with Crippen molar-refractivity contribution in [1.82, 2.24) is 4.90 Å². The van der Waals surface area contributed by atoms with E-state index in [1.54, 1.807) is 12.1 Å². The topological polar surface area (TPSA) is 49.6 Å². The number of rotatable bonds is 3. The first-order valence-corrected chi connectivity index (χ1v) is 6.62. The van der Waals surface area contributed by atoms with Gasteiger partial charge in [0.25, 0.3) is 0 Å². The van der Waals surface area contributed by atoms with Crippen LogP contribution in [0.5, 0.6) is 0 Å². The van der Waals surface area contributed by atoms with Crippen LogP contribution in [-0.4, -0.2) is 43.5 Å². The number of halogens is 1. The van der Waals surface area contributed by atoms with Gasteiger partial charge in [-0.1, -0.05) is 19.1 Å². The smallest absolute Gasteiger partial charge is 0.226 e. The van der Waals surface area contributed by atoms with E-state index in [2.05, 4.69) is 0 Å². The molecule has 2 rings (SSSR count). The molecule has 1 aromatic rings. The summed E-state index contributed by atoms with van der Waals surface area (Å²) in [5, 5.41) is 0. The zero-order valence-corrected chi connectivity index (χ0v) is 11.2. The lowest BCUT2D eigenvalue weighted by molar-refractivity contribution is -0.134. The van der Waals surface area contributed by atoms with Crippen molar-refractivity contribution in [1.29, 1.82) is 0 Å². The molecule has 5 heteroatoms. The second kappa shape index (κ2) is 6.02. The Bertz CT molecular complexity index is 444. The Morgan fingerprint density at radius 3 is 2.53 bits per heavy atom. The molecule has 1 saturated heterocycles. The molecule has 1 heterocycles. The summed E-state index contributed by atoms with van der Waals surface area (Å²) in [4.78, 5) is 15.8. The van der Waals surface area contributed by atoms with Crippen molar-refractivity contribution in [3.63, 3.8) is 0 Å². The lowest BCUT2D eigenvalue weighted by Gasteiger charge is -2.37. The first-order valence-electron chi connectivity index (χ1n) is 6.62. The molecule has 0 spiro atoms. The lowest BCUT2D eigenvalue weighted by Crippen LogP contribution is -2.51. The average Bonchev–Trinajstić information content (AvgIpc) is 2.46. The Kier molecular flexibility index (Phi) is 4.37.